The van der Waals surface area contributed by atoms with Crippen molar-refractivity contribution in [3.05, 3.63) is 44.7 Å². The zero-order chi connectivity index (χ0) is 13.4. The van der Waals surface area contributed by atoms with Gasteiger partial charge in [-0.25, -0.2) is 0 Å². The molecule has 0 saturated carbocycles. The standard InChI is InChI=1S/C15H17ClN2O/c1-9-14(10-4-6-17-7-5-10)15(19)12-8-11(16)2-3-13(12)18-9/h2-3,8,10,17H,4-7H2,1H3,(H,18,19). The molecule has 3 rings (SSSR count). The fourth-order valence-corrected chi connectivity index (χ4v) is 3.17. The molecule has 0 unspecified atom stereocenters. The van der Waals surface area contributed by atoms with Gasteiger partial charge < -0.3 is 10.3 Å². The Hall–Kier alpha value is -1.32. The van der Waals surface area contributed by atoms with Crippen molar-refractivity contribution in [2.45, 2.75) is 25.7 Å². The number of aryl methyl sites for hydroxylation is 1. The molecule has 0 aliphatic carbocycles. The van der Waals surface area contributed by atoms with E-state index < -0.39 is 0 Å². The molecule has 0 atom stereocenters. The summed E-state index contributed by atoms with van der Waals surface area (Å²) in [5, 5.41) is 4.65. The van der Waals surface area contributed by atoms with Crippen LogP contribution in [0.25, 0.3) is 10.9 Å². The molecule has 1 aliphatic rings. The third kappa shape index (κ3) is 2.28. The average molecular weight is 277 g/mol. The summed E-state index contributed by atoms with van der Waals surface area (Å²) < 4.78 is 0. The number of pyridine rings is 1. The molecule has 0 amide bonds. The van der Waals surface area contributed by atoms with Gasteiger partial charge in [0.2, 0.25) is 0 Å². The highest BCUT2D eigenvalue weighted by molar-refractivity contribution is 6.31. The Kier molecular flexibility index (Phi) is 3.33. The first-order valence-corrected chi connectivity index (χ1v) is 7.07. The van der Waals surface area contributed by atoms with Gasteiger partial charge in [0.05, 0.1) is 0 Å². The Balaban J connectivity index is 2.21. The van der Waals surface area contributed by atoms with Crippen LogP contribution in [-0.2, 0) is 0 Å². The molecule has 19 heavy (non-hydrogen) atoms. The zero-order valence-electron chi connectivity index (χ0n) is 10.9. The van der Waals surface area contributed by atoms with E-state index in [1.54, 1.807) is 6.07 Å². The van der Waals surface area contributed by atoms with Crippen LogP contribution in [0.1, 0.15) is 30.0 Å². The lowest BCUT2D eigenvalue weighted by atomic mass is 9.88. The second-order valence-electron chi connectivity index (χ2n) is 5.21. The highest BCUT2D eigenvalue weighted by atomic mass is 35.5. The van der Waals surface area contributed by atoms with Crippen LogP contribution < -0.4 is 10.7 Å². The van der Waals surface area contributed by atoms with Gasteiger partial charge in [-0.15, -0.1) is 0 Å². The van der Waals surface area contributed by atoms with E-state index in [0.29, 0.717) is 16.3 Å². The Morgan fingerprint density at radius 2 is 2.00 bits per heavy atom. The molecular weight excluding hydrogens is 260 g/mol. The topological polar surface area (TPSA) is 44.9 Å². The molecule has 2 heterocycles. The zero-order valence-corrected chi connectivity index (χ0v) is 11.7. The van der Waals surface area contributed by atoms with Crippen LogP contribution in [0.3, 0.4) is 0 Å². The Labute approximate surface area is 117 Å². The van der Waals surface area contributed by atoms with Crippen LogP contribution in [0.5, 0.6) is 0 Å². The molecule has 0 bridgehead atoms. The Morgan fingerprint density at radius 3 is 2.74 bits per heavy atom. The second-order valence-corrected chi connectivity index (χ2v) is 5.64. The second kappa shape index (κ2) is 4.99. The molecule has 2 N–H and O–H groups in total. The van der Waals surface area contributed by atoms with Gasteiger partial charge in [0.1, 0.15) is 0 Å². The summed E-state index contributed by atoms with van der Waals surface area (Å²) in [7, 11) is 0. The predicted octanol–water partition coefficient (Wildman–Crippen LogP) is 2.96. The van der Waals surface area contributed by atoms with Crippen molar-refractivity contribution in [3.63, 3.8) is 0 Å². The van der Waals surface area contributed by atoms with Gasteiger partial charge in [-0.1, -0.05) is 11.6 Å². The summed E-state index contributed by atoms with van der Waals surface area (Å²) in [6, 6.07) is 5.45. The molecule has 4 heteroatoms. The Morgan fingerprint density at radius 1 is 1.26 bits per heavy atom. The number of benzene rings is 1. The molecule has 1 saturated heterocycles. The first-order valence-electron chi connectivity index (χ1n) is 6.69. The van der Waals surface area contributed by atoms with Crippen LogP contribution in [0.2, 0.25) is 5.02 Å². The van der Waals surface area contributed by atoms with E-state index in [2.05, 4.69) is 10.3 Å². The van der Waals surface area contributed by atoms with E-state index >= 15 is 0 Å². The van der Waals surface area contributed by atoms with Crippen LogP contribution >= 0.6 is 11.6 Å². The minimum atomic E-state index is 0.139. The number of aromatic amines is 1. The molecule has 100 valence electrons. The largest absolute Gasteiger partial charge is 0.358 e. The predicted molar refractivity (Wildman–Crippen MR) is 79.2 cm³/mol. The summed E-state index contributed by atoms with van der Waals surface area (Å²) >= 11 is 6.01. The van der Waals surface area contributed by atoms with Gasteiger partial charge in [-0.3, -0.25) is 4.79 Å². The van der Waals surface area contributed by atoms with Crippen molar-refractivity contribution in [1.29, 1.82) is 0 Å². The molecular formula is C15H17ClN2O. The lowest BCUT2D eigenvalue weighted by molar-refractivity contribution is 0.457. The third-order valence-corrected chi connectivity index (χ3v) is 4.18. The maximum atomic E-state index is 12.7. The average Bonchev–Trinajstić information content (AvgIpc) is 2.41. The third-order valence-electron chi connectivity index (χ3n) is 3.94. The van der Waals surface area contributed by atoms with Crippen LogP contribution in [0.15, 0.2) is 23.0 Å². The Bertz CT molecular complexity index is 672. The van der Waals surface area contributed by atoms with Crippen molar-refractivity contribution < 1.29 is 0 Å². The number of halogens is 1. The minimum absolute atomic E-state index is 0.139. The molecule has 1 aliphatic heterocycles. The number of piperidine rings is 1. The monoisotopic (exact) mass is 276 g/mol. The summed E-state index contributed by atoms with van der Waals surface area (Å²) in [4.78, 5) is 16.0. The number of rotatable bonds is 1. The first-order chi connectivity index (χ1) is 9.16. The highest BCUT2D eigenvalue weighted by Crippen LogP contribution is 2.26. The number of hydrogen-bond acceptors (Lipinski definition) is 2. The molecule has 1 aromatic carbocycles. The first kappa shape index (κ1) is 12.7. The van der Waals surface area contributed by atoms with Gasteiger partial charge in [-0.05, 0) is 57.0 Å². The lowest BCUT2D eigenvalue weighted by Gasteiger charge is -2.24. The van der Waals surface area contributed by atoms with E-state index in [0.717, 1.165) is 42.7 Å². The number of H-pyrrole nitrogens is 1. The number of nitrogens with one attached hydrogen (secondary N) is 2. The van der Waals surface area contributed by atoms with E-state index in [1.807, 2.05) is 19.1 Å². The van der Waals surface area contributed by atoms with E-state index in [4.69, 9.17) is 11.6 Å². The molecule has 1 aromatic heterocycles. The molecule has 1 fully saturated rings. The van der Waals surface area contributed by atoms with Gasteiger partial charge >= 0.3 is 0 Å². The summed E-state index contributed by atoms with van der Waals surface area (Å²) in [6.45, 7) is 3.96. The maximum Gasteiger partial charge on any atom is 0.193 e. The molecule has 0 spiro atoms. The summed E-state index contributed by atoms with van der Waals surface area (Å²) in [5.41, 5.74) is 2.94. The van der Waals surface area contributed by atoms with E-state index in [9.17, 15) is 4.79 Å². The van der Waals surface area contributed by atoms with E-state index in [-0.39, 0.29) is 5.43 Å². The number of hydrogen-bond donors (Lipinski definition) is 2. The SMILES string of the molecule is Cc1[nH]c2ccc(Cl)cc2c(=O)c1C1CCNCC1. The van der Waals surface area contributed by atoms with Gasteiger partial charge in [0.25, 0.3) is 0 Å². The smallest absolute Gasteiger partial charge is 0.193 e. The van der Waals surface area contributed by atoms with Crippen molar-refractivity contribution in [1.82, 2.24) is 10.3 Å². The number of aromatic nitrogens is 1. The van der Waals surface area contributed by atoms with Crippen molar-refractivity contribution >= 4 is 22.5 Å². The van der Waals surface area contributed by atoms with Crippen molar-refractivity contribution in [2.24, 2.45) is 0 Å². The van der Waals surface area contributed by atoms with Crippen molar-refractivity contribution in [3.8, 4) is 0 Å². The van der Waals surface area contributed by atoms with Crippen LogP contribution in [0.4, 0.5) is 0 Å². The minimum Gasteiger partial charge on any atom is -0.358 e. The maximum absolute atomic E-state index is 12.7. The van der Waals surface area contributed by atoms with E-state index in [1.165, 1.54) is 0 Å². The van der Waals surface area contributed by atoms with Gasteiger partial charge in [-0.2, -0.15) is 0 Å². The molecule has 3 nitrogen and oxygen atoms in total. The molecule has 2 aromatic rings. The highest BCUT2D eigenvalue weighted by Gasteiger charge is 2.21. The normalized spacial score (nSPS) is 16.9. The van der Waals surface area contributed by atoms with Gasteiger partial charge in [0, 0.05) is 27.2 Å². The summed E-state index contributed by atoms with van der Waals surface area (Å²) in [5.74, 6) is 0.355. The molecule has 0 radical (unpaired) electrons. The van der Waals surface area contributed by atoms with Gasteiger partial charge in [0.15, 0.2) is 5.43 Å². The lowest BCUT2D eigenvalue weighted by Crippen LogP contribution is -2.30. The fourth-order valence-electron chi connectivity index (χ4n) is 3.00. The van der Waals surface area contributed by atoms with Crippen LogP contribution in [-0.4, -0.2) is 18.1 Å². The van der Waals surface area contributed by atoms with Crippen molar-refractivity contribution in [2.75, 3.05) is 13.1 Å². The summed E-state index contributed by atoms with van der Waals surface area (Å²) in [6.07, 6.45) is 2.05. The van der Waals surface area contributed by atoms with Crippen LogP contribution in [0, 0.1) is 6.92 Å². The number of fused-ring (bicyclic) bond motifs is 1. The quantitative estimate of drug-likeness (QED) is 0.841. The fraction of sp³-hybridized carbons (Fsp3) is 0.400.